The van der Waals surface area contributed by atoms with Gasteiger partial charge in [0.25, 0.3) is 0 Å². The monoisotopic (exact) mass is 415 g/mol. The second-order valence-corrected chi connectivity index (χ2v) is 6.41. The Balaban J connectivity index is 1.57. The lowest BCUT2D eigenvalue weighted by Gasteiger charge is -2.13. The van der Waals surface area contributed by atoms with E-state index in [-0.39, 0.29) is 0 Å². The lowest BCUT2D eigenvalue weighted by molar-refractivity contribution is 0.375. The summed E-state index contributed by atoms with van der Waals surface area (Å²) >= 11 is 5.90. The summed E-state index contributed by atoms with van der Waals surface area (Å²) in [6.07, 6.45) is 0. The van der Waals surface area contributed by atoms with Gasteiger partial charge in [0.2, 0.25) is 11.7 Å². The van der Waals surface area contributed by atoms with Gasteiger partial charge in [0.15, 0.2) is 5.96 Å². The van der Waals surface area contributed by atoms with Gasteiger partial charge in [-0.25, -0.2) is 0 Å². The number of rotatable bonds is 7. The van der Waals surface area contributed by atoms with Crippen LogP contribution in [-0.2, 0) is 13.1 Å². The molecular weight excluding hydrogens is 394 g/mol. The predicted molar refractivity (Wildman–Crippen MR) is 111 cm³/mol. The van der Waals surface area contributed by atoms with Gasteiger partial charge < -0.3 is 24.6 Å². The standard InChI is InChI=1S/C20H22ClN5O3/c1-22-20(23-11-14-6-9-16(27-2)10-17(14)28-3)24-12-18-25-19(26-29-18)13-4-7-15(21)8-5-13/h4-10H,11-12H2,1-3H3,(H2,22,23,24). The SMILES string of the molecule is CN=C(NCc1nc(-c2ccc(Cl)cc2)no1)NCc1ccc(OC)cc1OC. The molecule has 0 aliphatic heterocycles. The largest absolute Gasteiger partial charge is 0.497 e. The number of halogens is 1. The number of nitrogens with zero attached hydrogens (tertiary/aromatic N) is 3. The molecule has 0 radical (unpaired) electrons. The number of aliphatic imine (C=N–C) groups is 1. The maximum Gasteiger partial charge on any atom is 0.246 e. The van der Waals surface area contributed by atoms with E-state index in [1.165, 1.54) is 0 Å². The molecular formula is C20H22ClN5O3. The average Bonchev–Trinajstić information content (AvgIpc) is 3.23. The molecule has 3 rings (SSSR count). The van der Waals surface area contributed by atoms with Gasteiger partial charge in [-0.15, -0.1) is 0 Å². The molecule has 0 saturated carbocycles. The van der Waals surface area contributed by atoms with E-state index in [0.717, 1.165) is 22.6 Å². The molecule has 152 valence electrons. The van der Waals surface area contributed by atoms with Crippen molar-refractivity contribution in [3.8, 4) is 22.9 Å². The molecule has 9 heteroatoms. The van der Waals surface area contributed by atoms with E-state index in [1.54, 1.807) is 33.4 Å². The zero-order valence-electron chi connectivity index (χ0n) is 16.4. The van der Waals surface area contributed by atoms with Crippen LogP contribution in [0.15, 0.2) is 52.0 Å². The van der Waals surface area contributed by atoms with E-state index < -0.39 is 0 Å². The molecule has 1 aromatic heterocycles. The van der Waals surface area contributed by atoms with Gasteiger partial charge in [0.1, 0.15) is 11.5 Å². The van der Waals surface area contributed by atoms with Crippen molar-refractivity contribution in [1.82, 2.24) is 20.8 Å². The highest BCUT2D eigenvalue weighted by molar-refractivity contribution is 6.30. The van der Waals surface area contributed by atoms with E-state index in [9.17, 15) is 0 Å². The predicted octanol–water partition coefficient (Wildman–Crippen LogP) is 3.27. The van der Waals surface area contributed by atoms with E-state index in [0.29, 0.717) is 35.8 Å². The Morgan fingerprint density at radius 2 is 1.83 bits per heavy atom. The quantitative estimate of drug-likeness (QED) is 0.451. The first-order chi connectivity index (χ1) is 14.1. The molecule has 2 aromatic carbocycles. The zero-order valence-corrected chi connectivity index (χ0v) is 17.2. The Morgan fingerprint density at radius 1 is 1.07 bits per heavy atom. The Morgan fingerprint density at radius 3 is 2.52 bits per heavy atom. The van der Waals surface area contributed by atoms with E-state index in [4.69, 9.17) is 25.6 Å². The minimum Gasteiger partial charge on any atom is -0.497 e. The molecule has 0 bridgehead atoms. The molecule has 0 unspecified atom stereocenters. The molecule has 0 saturated heterocycles. The number of guanidine groups is 1. The first-order valence-electron chi connectivity index (χ1n) is 8.87. The minimum atomic E-state index is 0.333. The van der Waals surface area contributed by atoms with Gasteiger partial charge >= 0.3 is 0 Å². The lowest BCUT2D eigenvalue weighted by atomic mass is 10.2. The first-order valence-corrected chi connectivity index (χ1v) is 9.24. The van der Waals surface area contributed by atoms with Gasteiger partial charge in [-0.05, 0) is 36.4 Å². The van der Waals surface area contributed by atoms with Crippen molar-refractivity contribution < 1.29 is 14.0 Å². The highest BCUT2D eigenvalue weighted by atomic mass is 35.5. The summed E-state index contributed by atoms with van der Waals surface area (Å²) in [5, 5.41) is 11.0. The molecule has 29 heavy (non-hydrogen) atoms. The zero-order chi connectivity index (χ0) is 20.6. The van der Waals surface area contributed by atoms with Crippen LogP contribution in [0, 0.1) is 0 Å². The van der Waals surface area contributed by atoms with Crippen molar-refractivity contribution in [3.05, 3.63) is 58.9 Å². The third-order valence-electron chi connectivity index (χ3n) is 4.14. The summed E-state index contributed by atoms with van der Waals surface area (Å²) in [5.41, 5.74) is 1.80. The summed E-state index contributed by atoms with van der Waals surface area (Å²) in [5.74, 6) is 3.01. The summed E-state index contributed by atoms with van der Waals surface area (Å²) in [4.78, 5) is 8.59. The second kappa shape index (κ2) is 9.79. The molecule has 0 aliphatic rings. The fraction of sp³-hybridized carbons (Fsp3) is 0.250. The van der Waals surface area contributed by atoms with Crippen molar-refractivity contribution in [1.29, 1.82) is 0 Å². The van der Waals surface area contributed by atoms with Gasteiger partial charge in [-0.2, -0.15) is 4.98 Å². The highest BCUT2D eigenvalue weighted by Gasteiger charge is 2.10. The van der Waals surface area contributed by atoms with Crippen molar-refractivity contribution in [3.63, 3.8) is 0 Å². The molecule has 3 aromatic rings. The summed E-state index contributed by atoms with van der Waals surface area (Å²) < 4.78 is 15.9. The Kier molecular flexibility index (Phi) is 6.91. The maximum atomic E-state index is 5.90. The lowest BCUT2D eigenvalue weighted by Crippen LogP contribution is -2.36. The van der Waals surface area contributed by atoms with Crippen LogP contribution in [0.1, 0.15) is 11.5 Å². The fourth-order valence-corrected chi connectivity index (χ4v) is 2.73. The second-order valence-electron chi connectivity index (χ2n) is 5.98. The molecule has 0 amide bonds. The summed E-state index contributed by atoms with van der Waals surface area (Å²) in [7, 11) is 4.93. The maximum absolute atomic E-state index is 5.90. The first kappa shape index (κ1) is 20.5. The van der Waals surface area contributed by atoms with E-state index >= 15 is 0 Å². The Bertz CT molecular complexity index is 973. The number of aromatic nitrogens is 2. The number of nitrogens with one attached hydrogen (secondary N) is 2. The number of hydrogen-bond donors (Lipinski definition) is 2. The van der Waals surface area contributed by atoms with Gasteiger partial charge in [0.05, 0.1) is 20.8 Å². The summed E-state index contributed by atoms with van der Waals surface area (Å²) in [6, 6.07) is 12.9. The molecule has 1 heterocycles. The van der Waals surface area contributed by atoms with E-state index in [2.05, 4.69) is 25.8 Å². The molecule has 2 N–H and O–H groups in total. The molecule has 8 nitrogen and oxygen atoms in total. The van der Waals surface area contributed by atoms with Crippen LogP contribution < -0.4 is 20.1 Å². The third kappa shape index (κ3) is 5.39. The van der Waals surface area contributed by atoms with Crippen LogP contribution in [-0.4, -0.2) is 37.4 Å². The molecule has 0 atom stereocenters. The van der Waals surface area contributed by atoms with Gasteiger partial charge in [0, 0.05) is 35.8 Å². The van der Waals surface area contributed by atoms with Crippen molar-refractivity contribution in [2.75, 3.05) is 21.3 Å². The van der Waals surface area contributed by atoms with Crippen LogP contribution in [0.25, 0.3) is 11.4 Å². The minimum absolute atomic E-state index is 0.333. The average molecular weight is 416 g/mol. The van der Waals surface area contributed by atoms with Crippen LogP contribution in [0.5, 0.6) is 11.5 Å². The summed E-state index contributed by atoms with van der Waals surface area (Å²) in [6.45, 7) is 0.854. The number of methoxy groups -OCH3 is 2. The van der Waals surface area contributed by atoms with Crippen LogP contribution in [0.2, 0.25) is 5.02 Å². The molecule has 0 spiro atoms. The van der Waals surface area contributed by atoms with Crippen LogP contribution in [0.4, 0.5) is 0 Å². The normalized spacial score (nSPS) is 11.2. The Hall–Kier alpha value is -3.26. The van der Waals surface area contributed by atoms with E-state index in [1.807, 2.05) is 30.3 Å². The van der Waals surface area contributed by atoms with Gasteiger partial charge in [-0.3, -0.25) is 4.99 Å². The van der Waals surface area contributed by atoms with Gasteiger partial charge in [-0.1, -0.05) is 16.8 Å². The third-order valence-corrected chi connectivity index (χ3v) is 4.39. The van der Waals surface area contributed by atoms with Crippen molar-refractivity contribution >= 4 is 17.6 Å². The molecule has 0 fully saturated rings. The number of ether oxygens (including phenoxy) is 2. The molecule has 0 aliphatic carbocycles. The smallest absolute Gasteiger partial charge is 0.246 e. The van der Waals surface area contributed by atoms with Crippen LogP contribution >= 0.6 is 11.6 Å². The number of benzene rings is 2. The van der Waals surface area contributed by atoms with Crippen molar-refractivity contribution in [2.45, 2.75) is 13.1 Å². The highest BCUT2D eigenvalue weighted by Crippen LogP contribution is 2.24. The van der Waals surface area contributed by atoms with Crippen LogP contribution in [0.3, 0.4) is 0 Å². The fourth-order valence-electron chi connectivity index (χ4n) is 2.60. The topological polar surface area (TPSA) is 93.8 Å². The van der Waals surface area contributed by atoms with Crippen molar-refractivity contribution in [2.24, 2.45) is 4.99 Å². The Labute approximate surface area is 173 Å². The number of hydrogen-bond acceptors (Lipinski definition) is 6.